The van der Waals surface area contributed by atoms with E-state index in [-0.39, 0.29) is 0 Å². The molecule has 0 spiro atoms. The van der Waals surface area contributed by atoms with Crippen LogP contribution in [-0.2, 0) is 11.3 Å². The van der Waals surface area contributed by atoms with E-state index >= 15 is 0 Å². The maximum atomic E-state index is 9.76. The van der Waals surface area contributed by atoms with E-state index in [1.165, 1.54) is 11.1 Å². The van der Waals surface area contributed by atoms with Gasteiger partial charge in [-0.15, -0.1) is 0 Å². The van der Waals surface area contributed by atoms with Crippen LogP contribution in [0.25, 0.3) is 11.1 Å². The summed E-state index contributed by atoms with van der Waals surface area (Å²) in [6.45, 7) is 5.56. The Hall–Kier alpha value is -1.20. The van der Waals surface area contributed by atoms with Crippen LogP contribution in [0.2, 0.25) is 0 Å². The molecule has 0 saturated carbocycles. The van der Waals surface area contributed by atoms with E-state index in [2.05, 4.69) is 60.3 Å². The maximum absolute atomic E-state index is 9.76. The summed E-state index contributed by atoms with van der Waals surface area (Å²) in [7, 11) is 0. The second-order valence-electron chi connectivity index (χ2n) is 5.44. The molecule has 4 heteroatoms. The Morgan fingerprint density at radius 3 is 2.52 bits per heavy atom. The van der Waals surface area contributed by atoms with Crippen molar-refractivity contribution in [3.8, 4) is 11.1 Å². The molecule has 0 radical (unpaired) electrons. The summed E-state index contributed by atoms with van der Waals surface area (Å²) < 4.78 is 5.56. The van der Waals surface area contributed by atoms with E-state index in [4.69, 9.17) is 4.74 Å². The molecule has 114 valence electrons. The van der Waals surface area contributed by atoms with E-state index in [9.17, 15) is 5.11 Å². The molecule has 1 heterocycles. The van der Waals surface area contributed by atoms with Crippen LogP contribution in [0.3, 0.4) is 0 Å². The third kappa shape index (κ3) is 5.59. The fourth-order valence-corrected chi connectivity index (χ4v) is 2.63. The van der Waals surface area contributed by atoms with Crippen LogP contribution in [-0.4, -0.2) is 30.4 Å². The molecule has 2 rings (SSSR count). The fourth-order valence-electron chi connectivity index (χ4n) is 1.97. The highest BCUT2D eigenvalue weighted by atomic mass is 32.1. The molecule has 0 aliphatic carbocycles. The summed E-state index contributed by atoms with van der Waals surface area (Å²) in [5.74, 6) is 0. The number of ether oxygens (including phenoxy) is 1. The van der Waals surface area contributed by atoms with Crippen molar-refractivity contribution < 1.29 is 9.84 Å². The van der Waals surface area contributed by atoms with E-state index in [0.717, 1.165) is 5.56 Å². The van der Waals surface area contributed by atoms with Crippen molar-refractivity contribution >= 4 is 11.3 Å². The highest BCUT2D eigenvalue weighted by molar-refractivity contribution is 7.08. The molecule has 0 fully saturated rings. The summed E-state index contributed by atoms with van der Waals surface area (Å²) >= 11 is 1.70. The van der Waals surface area contributed by atoms with Crippen molar-refractivity contribution in [1.29, 1.82) is 0 Å². The van der Waals surface area contributed by atoms with Crippen molar-refractivity contribution in [3.63, 3.8) is 0 Å². The van der Waals surface area contributed by atoms with Gasteiger partial charge < -0.3 is 15.2 Å². The average Bonchev–Trinajstić information content (AvgIpc) is 3.00. The highest BCUT2D eigenvalue weighted by Gasteiger charge is 2.05. The zero-order valence-corrected chi connectivity index (χ0v) is 13.4. The van der Waals surface area contributed by atoms with Crippen LogP contribution in [0.15, 0.2) is 41.1 Å². The van der Waals surface area contributed by atoms with Gasteiger partial charge >= 0.3 is 0 Å². The predicted molar refractivity (Wildman–Crippen MR) is 88.6 cm³/mol. The van der Waals surface area contributed by atoms with Gasteiger partial charge in [-0.25, -0.2) is 0 Å². The monoisotopic (exact) mass is 305 g/mol. The van der Waals surface area contributed by atoms with Crippen LogP contribution < -0.4 is 5.32 Å². The SMILES string of the molecule is CC(C)NCC(O)COCc1ccc(-c2ccsc2)cc1. The summed E-state index contributed by atoms with van der Waals surface area (Å²) in [6, 6.07) is 10.9. The van der Waals surface area contributed by atoms with E-state index in [1.54, 1.807) is 11.3 Å². The Kier molecular flexibility index (Phi) is 6.39. The quantitative estimate of drug-likeness (QED) is 0.786. The molecule has 1 aromatic heterocycles. The van der Waals surface area contributed by atoms with Crippen LogP contribution in [0, 0.1) is 0 Å². The van der Waals surface area contributed by atoms with Crippen LogP contribution in [0.1, 0.15) is 19.4 Å². The number of hydrogen-bond acceptors (Lipinski definition) is 4. The molecule has 1 atom stereocenters. The smallest absolute Gasteiger partial charge is 0.0897 e. The summed E-state index contributed by atoms with van der Waals surface area (Å²) in [5, 5.41) is 17.2. The number of rotatable bonds is 8. The first-order chi connectivity index (χ1) is 10.1. The molecule has 0 saturated heterocycles. The number of benzene rings is 1. The van der Waals surface area contributed by atoms with Gasteiger partial charge in [-0.05, 0) is 33.5 Å². The minimum atomic E-state index is -0.461. The fraction of sp³-hybridized carbons (Fsp3) is 0.412. The Balaban J connectivity index is 1.74. The van der Waals surface area contributed by atoms with Crippen LogP contribution in [0.4, 0.5) is 0 Å². The first-order valence-electron chi connectivity index (χ1n) is 7.26. The zero-order chi connectivity index (χ0) is 15.1. The number of thiophene rings is 1. The topological polar surface area (TPSA) is 41.5 Å². The third-order valence-corrected chi connectivity index (χ3v) is 3.83. The number of aliphatic hydroxyl groups excluding tert-OH is 1. The normalized spacial score (nSPS) is 12.8. The molecule has 2 N–H and O–H groups in total. The zero-order valence-electron chi connectivity index (χ0n) is 12.6. The van der Waals surface area contributed by atoms with Crippen molar-refractivity contribution in [1.82, 2.24) is 5.32 Å². The first-order valence-corrected chi connectivity index (χ1v) is 8.20. The Bertz CT molecular complexity index is 508. The number of hydrogen-bond donors (Lipinski definition) is 2. The minimum Gasteiger partial charge on any atom is -0.389 e. The van der Waals surface area contributed by atoms with E-state index < -0.39 is 6.10 Å². The van der Waals surface area contributed by atoms with Gasteiger partial charge in [0.2, 0.25) is 0 Å². The Morgan fingerprint density at radius 2 is 1.90 bits per heavy atom. The van der Waals surface area contributed by atoms with E-state index in [1.807, 2.05) is 0 Å². The predicted octanol–water partition coefficient (Wildman–Crippen LogP) is 3.29. The molecule has 3 nitrogen and oxygen atoms in total. The largest absolute Gasteiger partial charge is 0.389 e. The van der Waals surface area contributed by atoms with Crippen molar-refractivity contribution in [2.75, 3.05) is 13.2 Å². The highest BCUT2D eigenvalue weighted by Crippen LogP contribution is 2.22. The second-order valence-corrected chi connectivity index (χ2v) is 6.22. The Morgan fingerprint density at radius 1 is 1.14 bits per heavy atom. The second kappa shape index (κ2) is 8.29. The van der Waals surface area contributed by atoms with Gasteiger partial charge in [-0.2, -0.15) is 11.3 Å². The van der Waals surface area contributed by atoms with Gasteiger partial charge in [0.1, 0.15) is 0 Å². The molecule has 1 aromatic carbocycles. The van der Waals surface area contributed by atoms with Gasteiger partial charge in [0, 0.05) is 12.6 Å². The van der Waals surface area contributed by atoms with Crippen molar-refractivity contribution in [3.05, 3.63) is 46.7 Å². The average molecular weight is 305 g/mol. The minimum absolute atomic E-state index is 0.353. The van der Waals surface area contributed by atoms with Crippen LogP contribution in [0.5, 0.6) is 0 Å². The lowest BCUT2D eigenvalue weighted by atomic mass is 10.1. The molecular weight excluding hydrogens is 282 g/mol. The molecule has 21 heavy (non-hydrogen) atoms. The molecule has 0 bridgehead atoms. The first kappa shape index (κ1) is 16.2. The van der Waals surface area contributed by atoms with E-state index in [0.29, 0.717) is 25.8 Å². The lowest BCUT2D eigenvalue weighted by molar-refractivity contribution is 0.0281. The van der Waals surface area contributed by atoms with Crippen molar-refractivity contribution in [2.45, 2.75) is 32.6 Å². The van der Waals surface area contributed by atoms with Gasteiger partial charge in [-0.3, -0.25) is 0 Å². The van der Waals surface area contributed by atoms with Gasteiger partial charge in [0.25, 0.3) is 0 Å². The molecular formula is C17H23NO2S. The molecule has 0 aliphatic rings. The molecule has 0 aliphatic heterocycles. The standard InChI is InChI=1S/C17H23NO2S/c1-13(2)18-9-17(19)11-20-10-14-3-5-15(6-4-14)16-7-8-21-12-16/h3-8,12-13,17-19H,9-11H2,1-2H3. The Labute approximate surface area is 130 Å². The lowest BCUT2D eigenvalue weighted by Gasteiger charge is -2.14. The van der Waals surface area contributed by atoms with Crippen LogP contribution >= 0.6 is 11.3 Å². The number of nitrogens with one attached hydrogen (secondary N) is 1. The maximum Gasteiger partial charge on any atom is 0.0897 e. The van der Waals surface area contributed by atoms with Crippen molar-refractivity contribution in [2.24, 2.45) is 0 Å². The lowest BCUT2D eigenvalue weighted by Crippen LogP contribution is -2.34. The summed E-state index contributed by atoms with van der Waals surface area (Å²) in [5.41, 5.74) is 3.60. The molecule has 1 unspecified atom stereocenters. The summed E-state index contributed by atoms with van der Waals surface area (Å²) in [4.78, 5) is 0. The van der Waals surface area contributed by atoms with Gasteiger partial charge in [0.15, 0.2) is 0 Å². The molecule has 0 amide bonds. The number of aliphatic hydroxyl groups is 1. The third-order valence-electron chi connectivity index (χ3n) is 3.15. The van der Waals surface area contributed by atoms with Gasteiger partial charge in [0.05, 0.1) is 19.3 Å². The molecule has 2 aromatic rings. The summed E-state index contributed by atoms with van der Waals surface area (Å²) in [6.07, 6.45) is -0.461. The van der Waals surface area contributed by atoms with Gasteiger partial charge in [-0.1, -0.05) is 38.1 Å².